The van der Waals surface area contributed by atoms with Crippen LogP contribution in [0.5, 0.6) is 5.75 Å². The third-order valence-electron chi connectivity index (χ3n) is 4.04. The maximum atomic E-state index is 12.2. The number of hydrogen-bond donors (Lipinski definition) is 1. The van der Waals surface area contributed by atoms with Crippen LogP contribution in [-0.2, 0) is 9.59 Å². The summed E-state index contributed by atoms with van der Waals surface area (Å²) in [6.07, 6.45) is 0. The molecule has 0 bridgehead atoms. The van der Waals surface area contributed by atoms with Gasteiger partial charge in [0.05, 0.1) is 0 Å². The molecular weight excluding hydrogens is 465 g/mol. The summed E-state index contributed by atoms with van der Waals surface area (Å²) >= 11 is 1.36. The zero-order valence-electron chi connectivity index (χ0n) is 14.2. The van der Waals surface area contributed by atoms with Crippen molar-refractivity contribution >= 4 is 29.5 Å². The standard InChI is InChI=1S/C16H18N2O5S.Cs/c1-16(2)12(15(21)22)18-13(20)11(14(18)24-16)17-10(19)8-23-9-6-4-3-5-7-9;/h3-7,11-12,14H,8H2,1-2H3,(H,17,19)(H,21,22);/q;+1/p-1/t11-,12+,14-;/m1./s1. The molecule has 0 saturated carbocycles. The second-order valence-corrected chi connectivity index (χ2v) is 7.94. The average Bonchev–Trinajstić information content (AvgIpc) is 2.80. The van der Waals surface area contributed by atoms with Crippen LogP contribution in [0.25, 0.3) is 0 Å². The summed E-state index contributed by atoms with van der Waals surface area (Å²) in [5, 5.41) is 20.9. The van der Waals surface area contributed by atoms with E-state index in [0.29, 0.717) is 5.75 Å². The molecule has 1 N–H and O–H groups in total. The molecule has 2 saturated heterocycles. The fourth-order valence-electron chi connectivity index (χ4n) is 2.97. The number of β-lactam (4-membered cyclic amide) rings is 1. The van der Waals surface area contributed by atoms with Gasteiger partial charge in [0.25, 0.3) is 5.91 Å². The molecule has 0 unspecified atom stereocenters. The molecule has 9 heteroatoms. The van der Waals surface area contributed by atoms with Crippen molar-refractivity contribution in [2.24, 2.45) is 4.99 Å². The number of hydrogen-bond acceptors (Lipinski definition) is 6. The molecule has 0 radical (unpaired) electrons. The van der Waals surface area contributed by atoms with Gasteiger partial charge in [0.15, 0.2) is 6.04 Å². The Morgan fingerprint density at radius 3 is 2.64 bits per heavy atom. The van der Waals surface area contributed by atoms with Gasteiger partial charge in [0.1, 0.15) is 23.8 Å². The maximum Gasteiger partial charge on any atom is 1.00 e. The molecule has 1 aromatic carbocycles. The normalized spacial score (nSPS) is 27.1. The van der Waals surface area contributed by atoms with Crippen molar-refractivity contribution in [1.29, 1.82) is 0 Å². The van der Waals surface area contributed by atoms with E-state index in [0.717, 1.165) is 0 Å². The first-order chi connectivity index (χ1) is 11.3. The van der Waals surface area contributed by atoms with Crippen LogP contribution < -0.4 is 78.7 Å². The Kier molecular flexibility index (Phi) is 6.97. The quantitative estimate of drug-likeness (QED) is 0.280. The van der Waals surface area contributed by atoms with E-state index in [9.17, 15) is 19.8 Å². The molecule has 3 rings (SSSR count). The van der Waals surface area contributed by atoms with E-state index < -0.39 is 40.0 Å². The summed E-state index contributed by atoms with van der Waals surface area (Å²) in [5.41, 5.74) is 0. The summed E-state index contributed by atoms with van der Waals surface area (Å²) in [6, 6.07) is 7.11. The molecule has 0 aromatic heterocycles. The van der Waals surface area contributed by atoms with Crippen molar-refractivity contribution in [3.8, 4) is 5.75 Å². The minimum atomic E-state index is -1.04. The van der Waals surface area contributed by atoms with Gasteiger partial charge >= 0.3 is 74.9 Å². The maximum absolute atomic E-state index is 12.2. The fraction of sp³-hybridized carbons (Fsp3) is 0.438. The molecule has 128 valence electrons. The minimum absolute atomic E-state index is 0. The Bertz CT molecular complexity index is 697. The van der Waals surface area contributed by atoms with Gasteiger partial charge in [0, 0.05) is 4.75 Å². The molecule has 3 atom stereocenters. The van der Waals surface area contributed by atoms with Crippen LogP contribution in [0.4, 0.5) is 0 Å². The Labute approximate surface area is 208 Å². The molecule has 1 aromatic rings. The number of thioether (sulfide) groups is 1. The average molecular weight is 482 g/mol. The summed E-state index contributed by atoms with van der Waals surface area (Å²) < 4.78 is 4.69. The second kappa shape index (κ2) is 8.24. The minimum Gasteiger partial charge on any atom is -0.860 e. The van der Waals surface area contributed by atoms with E-state index in [2.05, 4.69) is 4.99 Å². The second-order valence-electron chi connectivity index (χ2n) is 6.17. The largest absolute Gasteiger partial charge is 1.00 e. The van der Waals surface area contributed by atoms with E-state index in [1.54, 1.807) is 38.1 Å². The van der Waals surface area contributed by atoms with Crippen molar-refractivity contribution < 1.29 is 93.4 Å². The number of carbonyl (C=O) groups is 2. The van der Waals surface area contributed by atoms with Crippen LogP contribution >= 0.6 is 11.8 Å². The molecule has 2 aliphatic heterocycles. The summed E-state index contributed by atoms with van der Waals surface area (Å²) in [6.45, 7) is 3.30. The number of carboxylic acid groups (broad SMARTS) is 1. The van der Waals surface area contributed by atoms with Gasteiger partial charge in [-0.05, 0) is 31.9 Å². The Balaban J connectivity index is 0.00000225. The third kappa shape index (κ3) is 4.23. The van der Waals surface area contributed by atoms with Gasteiger partial charge in [-0.3, -0.25) is 9.79 Å². The Hall–Kier alpha value is -0.168. The third-order valence-corrected chi connectivity index (χ3v) is 5.59. The number of amides is 1. The van der Waals surface area contributed by atoms with E-state index in [4.69, 9.17) is 4.74 Å². The van der Waals surface area contributed by atoms with E-state index in [1.807, 2.05) is 6.07 Å². The van der Waals surface area contributed by atoms with Crippen LogP contribution in [0.1, 0.15) is 13.8 Å². The molecule has 2 fully saturated rings. The zero-order chi connectivity index (χ0) is 17.5. The van der Waals surface area contributed by atoms with E-state index in [-0.39, 0.29) is 75.5 Å². The van der Waals surface area contributed by atoms with Crippen molar-refractivity contribution in [2.75, 3.05) is 6.61 Å². The van der Waals surface area contributed by atoms with Crippen LogP contribution in [0.15, 0.2) is 35.3 Å². The monoisotopic (exact) mass is 482 g/mol. The zero-order valence-corrected chi connectivity index (χ0v) is 21.3. The van der Waals surface area contributed by atoms with Crippen molar-refractivity contribution in [2.45, 2.75) is 36.1 Å². The van der Waals surface area contributed by atoms with Gasteiger partial charge in [0.2, 0.25) is 0 Å². The topological polar surface area (TPSA) is 102 Å². The number of benzene rings is 1. The van der Waals surface area contributed by atoms with E-state index in [1.165, 1.54) is 16.7 Å². The number of para-hydroxylation sites is 1. The summed E-state index contributed by atoms with van der Waals surface area (Å²) in [4.78, 5) is 28.9. The number of nitrogens with zero attached hydrogens (tertiary/aromatic N) is 2. The predicted molar refractivity (Wildman–Crippen MR) is 86.9 cm³/mol. The molecule has 25 heavy (non-hydrogen) atoms. The molecule has 0 spiro atoms. The number of rotatable bonds is 5. The summed E-state index contributed by atoms with van der Waals surface area (Å²) in [7, 11) is 0. The van der Waals surface area contributed by atoms with Crippen LogP contribution in [0.3, 0.4) is 0 Å². The molecule has 2 heterocycles. The van der Waals surface area contributed by atoms with Gasteiger partial charge < -0.3 is 19.8 Å². The number of fused-ring (bicyclic) bond motifs is 1. The molecule has 7 nitrogen and oxygen atoms in total. The summed E-state index contributed by atoms with van der Waals surface area (Å²) in [5.74, 6) is -1.45. The Morgan fingerprint density at radius 2 is 2.04 bits per heavy atom. The number of ether oxygens (including phenoxy) is 1. The van der Waals surface area contributed by atoms with Crippen molar-refractivity contribution in [1.82, 2.24) is 4.90 Å². The van der Waals surface area contributed by atoms with Gasteiger partial charge in [-0.1, -0.05) is 18.2 Å². The van der Waals surface area contributed by atoms with Crippen LogP contribution in [0, 0.1) is 0 Å². The van der Waals surface area contributed by atoms with E-state index >= 15 is 0 Å². The fourth-order valence-corrected chi connectivity index (χ4v) is 4.58. The first-order valence-electron chi connectivity index (χ1n) is 7.45. The first kappa shape index (κ1) is 21.1. The SMILES string of the molecule is CC1(C)S[C@@H]2[C@H](N=C([O-])COc3ccccc3)C(=O)N2[C@H]1C(=O)O.[Cs+]. The molecule has 0 aliphatic carbocycles. The van der Waals surface area contributed by atoms with Gasteiger partial charge in [-0.15, -0.1) is 11.8 Å². The smallest absolute Gasteiger partial charge is 0.860 e. The van der Waals surface area contributed by atoms with Crippen molar-refractivity contribution in [3.05, 3.63) is 30.3 Å². The number of aliphatic imine (C=N–C) groups is 1. The van der Waals surface area contributed by atoms with Crippen LogP contribution in [-0.4, -0.2) is 56.6 Å². The Morgan fingerprint density at radius 1 is 1.40 bits per heavy atom. The van der Waals surface area contributed by atoms with Gasteiger partial charge in [-0.2, -0.15) is 0 Å². The van der Waals surface area contributed by atoms with Crippen molar-refractivity contribution in [3.63, 3.8) is 0 Å². The first-order valence-corrected chi connectivity index (χ1v) is 8.33. The number of carboxylic acids is 1. The van der Waals surface area contributed by atoms with Gasteiger partial charge in [-0.25, -0.2) is 4.79 Å². The molecule has 1 amide bonds. The predicted octanol–water partition coefficient (Wildman–Crippen LogP) is -2.66. The number of carbonyl (C=O) groups excluding carboxylic acids is 1. The van der Waals surface area contributed by atoms with Crippen LogP contribution in [0.2, 0.25) is 0 Å². The molecule has 2 aliphatic rings. The molecular formula is C16H17CsN2O5S. The number of aliphatic carboxylic acids is 1.